The first-order valence-corrected chi connectivity index (χ1v) is 8.27. The first-order valence-electron chi connectivity index (χ1n) is 8.27. The quantitative estimate of drug-likeness (QED) is 0.672. The Labute approximate surface area is 168 Å². The van der Waals surface area contributed by atoms with Crippen LogP contribution in [-0.4, -0.2) is 22.0 Å². The highest BCUT2D eigenvalue weighted by Gasteiger charge is 2.35. The fourth-order valence-corrected chi connectivity index (χ4v) is 3.26. The van der Waals surface area contributed by atoms with Crippen molar-refractivity contribution in [1.82, 2.24) is 4.90 Å². The Hall–Kier alpha value is -2.26. The van der Waals surface area contributed by atoms with Crippen molar-refractivity contribution in [2.45, 2.75) is 37.9 Å². The van der Waals surface area contributed by atoms with Crippen LogP contribution in [0, 0.1) is 0 Å². The summed E-state index contributed by atoms with van der Waals surface area (Å²) in [5.41, 5.74) is -0.336. The lowest BCUT2D eigenvalue weighted by Gasteiger charge is -2.34. The molecule has 0 aliphatic carbocycles. The molecule has 1 aliphatic rings. The highest BCUT2D eigenvalue weighted by atomic mass is 35.5. The molecular weight excluding hydrogens is 424 g/mol. The van der Waals surface area contributed by atoms with Crippen LogP contribution in [-0.2, 0) is 36.7 Å². The third kappa shape index (κ3) is 5.22. The van der Waals surface area contributed by atoms with E-state index in [2.05, 4.69) is 0 Å². The molecule has 1 aliphatic heterocycles. The van der Waals surface area contributed by atoms with E-state index < -0.39 is 35.5 Å². The third-order valence-electron chi connectivity index (χ3n) is 4.71. The van der Waals surface area contributed by atoms with E-state index in [0.717, 1.165) is 24.3 Å². The second-order valence-electron chi connectivity index (χ2n) is 6.64. The molecule has 0 amide bonds. The van der Waals surface area contributed by atoms with E-state index >= 15 is 0 Å². The minimum Gasteiger partial charge on any atom is -0.480 e. The van der Waals surface area contributed by atoms with Crippen molar-refractivity contribution in [3.8, 4) is 0 Å². The summed E-state index contributed by atoms with van der Waals surface area (Å²) in [6, 6.07) is 6.48. The van der Waals surface area contributed by atoms with Crippen LogP contribution in [0.1, 0.15) is 27.8 Å². The van der Waals surface area contributed by atoms with Gasteiger partial charge in [-0.25, -0.2) is 0 Å². The summed E-state index contributed by atoms with van der Waals surface area (Å²) in [7, 11) is 0. The van der Waals surface area contributed by atoms with Gasteiger partial charge in [-0.3, -0.25) is 9.69 Å². The van der Waals surface area contributed by atoms with Crippen LogP contribution >= 0.6 is 12.4 Å². The van der Waals surface area contributed by atoms with Crippen LogP contribution in [0.2, 0.25) is 0 Å². The molecule has 0 saturated carbocycles. The normalized spacial score (nSPS) is 17.4. The van der Waals surface area contributed by atoms with Crippen LogP contribution in [0.25, 0.3) is 0 Å². The molecule has 0 fully saturated rings. The molecule has 1 unspecified atom stereocenters. The van der Waals surface area contributed by atoms with Crippen molar-refractivity contribution in [3.63, 3.8) is 0 Å². The van der Waals surface area contributed by atoms with Gasteiger partial charge in [0.05, 0.1) is 11.1 Å². The second kappa shape index (κ2) is 8.23. The number of alkyl halides is 6. The molecule has 3 nitrogen and oxygen atoms in total. The molecule has 29 heavy (non-hydrogen) atoms. The maximum Gasteiger partial charge on any atom is 0.416 e. The van der Waals surface area contributed by atoms with E-state index in [1.165, 1.54) is 23.1 Å². The zero-order chi connectivity index (χ0) is 20.7. The zero-order valence-corrected chi connectivity index (χ0v) is 15.5. The van der Waals surface area contributed by atoms with Gasteiger partial charge in [-0.1, -0.05) is 18.2 Å². The number of carbonyl (C=O) groups is 1. The van der Waals surface area contributed by atoms with Gasteiger partial charge in [0, 0.05) is 13.1 Å². The molecular formula is C19H16ClF6NO2. The smallest absolute Gasteiger partial charge is 0.416 e. The van der Waals surface area contributed by atoms with Crippen molar-refractivity contribution >= 4 is 18.4 Å². The van der Waals surface area contributed by atoms with E-state index in [-0.39, 0.29) is 31.9 Å². The first-order chi connectivity index (χ1) is 12.9. The van der Waals surface area contributed by atoms with Gasteiger partial charge in [0.25, 0.3) is 0 Å². The van der Waals surface area contributed by atoms with Gasteiger partial charge >= 0.3 is 18.3 Å². The van der Waals surface area contributed by atoms with E-state index in [1.54, 1.807) is 0 Å². The molecule has 1 heterocycles. The highest BCUT2D eigenvalue weighted by Crippen LogP contribution is 2.34. The molecule has 1 atom stereocenters. The van der Waals surface area contributed by atoms with E-state index in [1.807, 2.05) is 0 Å². The Morgan fingerprint density at radius 3 is 2.00 bits per heavy atom. The number of carboxylic acids is 1. The third-order valence-corrected chi connectivity index (χ3v) is 4.71. The predicted octanol–water partition coefficient (Wildman–Crippen LogP) is 5.16. The monoisotopic (exact) mass is 439 g/mol. The molecule has 2 aromatic rings. The Kier molecular flexibility index (Phi) is 6.54. The Balaban J connectivity index is 0.00000300. The molecule has 158 valence electrons. The van der Waals surface area contributed by atoms with Crippen molar-refractivity contribution in [1.29, 1.82) is 0 Å². The summed E-state index contributed by atoms with van der Waals surface area (Å²) < 4.78 is 76.8. The van der Waals surface area contributed by atoms with Gasteiger partial charge in [-0.15, -0.1) is 12.4 Å². The fraction of sp³-hybridized carbons (Fsp3) is 0.316. The lowest BCUT2D eigenvalue weighted by Crippen LogP contribution is -2.45. The van der Waals surface area contributed by atoms with Gasteiger partial charge in [-0.2, -0.15) is 26.3 Å². The summed E-state index contributed by atoms with van der Waals surface area (Å²) >= 11 is 0. The second-order valence-corrected chi connectivity index (χ2v) is 6.64. The molecule has 0 radical (unpaired) electrons. The lowest BCUT2D eigenvalue weighted by molar-refractivity contribution is -0.144. The van der Waals surface area contributed by atoms with E-state index in [0.29, 0.717) is 16.7 Å². The number of fused-ring (bicyclic) bond motifs is 1. The number of hydrogen-bond acceptors (Lipinski definition) is 2. The predicted molar refractivity (Wildman–Crippen MR) is 94.5 cm³/mol. The van der Waals surface area contributed by atoms with Crippen molar-refractivity contribution in [3.05, 3.63) is 70.3 Å². The van der Waals surface area contributed by atoms with Gasteiger partial charge in [0.15, 0.2) is 0 Å². The largest absolute Gasteiger partial charge is 0.480 e. The average Bonchev–Trinajstić information content (AvgIpc) is 2.59. The van der Waals surface area contributed by atoms with Crippen LogP contribution < -0.4 is 0 Å². The van der Waals surface area contributed by atoms with Gasteiger partial charge < -0.3 is 5.11 Å². The summed E-state index contributed by atoms with van der Waals surface area (Å²) in [4.78, 5) is 13.1. The standard InChI is InChI=1S/C19H15F6NO2.ClH/c20-18(21,22)14-4-1-11(2-5-14)9-26-10-13-7-15(19(23,24)25)6-3-12(13)8-16(26)17(27)28;/h1-7,16H,8-10H2,(H,27,28);1H. The summed E-state index contributed by atoms with van der Waals surface area (Å²) in [6.07, 6.45) is -8.99. The number of rotatable bonds is 3. The summed E-state index contributed by atoms with van der Waals surface area (Å²) in [5.74, 6) is -1.14. The maximum absolute atomic E-state index is 12.9. The maximum atomic E-state index is 12.9. The highest BCUT2D eigenvalue weighted by molar-refractivity contribution is 5.85. The van der Waals surface area contributed by atoms with Crippen molar-refractivity contribution < 1.29 is 36.2 Å². The average molecular weight is 440 g/mol. The van der Waals surface area contributed by atoms with Crippen molar-refractivity contribution in [2.24, 2.45) is 0 Å². The fourth-order valence-electron chi connectivity index (χ4n) is 3.26. The molecule has 1 N–H and O–H groups in total. The zero-order valence-electron chi connectivity index (χ0n) is 14.7. The topological polar surface area (TPSA) is 40.5 Å². The molecule has 0 bridgehead atoms. The van der Waals surface area contributed by atoms with Gasteiger partial charge in [0.1, 0.15) is 6.04 Å². The van der Waals surface area contributed by atoms with Crippen LogP contribution in [0.3, 0.4) is 0 Å². The minimum absolute atomic E-state index is 0. The number of hydrogen-bond donors (Lipinski definition) is 1. The molecule has 0 spiro atoms. The summed E-state index contributed by atoms with van der Waals surface area (Å²) in [5, 5.41) is 9.48. The SMILES string of the molecule is Cl.O=C(O)C1Cc2ccc(C(F)(F)F)cc2CN1Cc1ccc(C(F)(F)F)cc1. The molecule has 2 aromatic carbocycles. The van der Waals surface area contributed by atoms with Gasteiger partial charge in [-0.05, 0) is 47.4 Å². The number of benzene rings is 2. The number of aliphatic carboxylic acids is 1. The number of carboxylic acid groups (broad SMARTS) is 1. The number of nitrogens with zero attached hydrogens (tertiary/aromatic N) is 1. The minimum atomic E-state index is -4.52. The molecule has 0 saturated heterocycles. The summed E-state index contributed by atoms with van der Waals surface area (Å²) in [6.45, 7) is -0.0397. The van der Waals surface area contributed by atoms with Crippen LogP contribution in [0.15, 0.2) is 42.5 Å². The van der Waals surface area contributed by atoms with Crippen LogP contribution in [0.5, 0.6) is 0 Å². The molecule has 0 aromatic heterocycles. The lowest BCUT2D eigenvalue weighted by atomic mass is 9.92. The Morgan fingerprint density at radius 2 is 1.48 bits per heavy atom. The van der Waals surface area contributed by atoms with Gasteiger partial charge in [0.2, 0.25) is 0 Å². The van der Waals surface area contributed by atoms with Crippen LogP contribution in [0.4, 0.5) is 26.3 Å². The first kappa shape index (κ1) is 23.0. The molecule has 10 heteroatoms. The number of halogens is 7. The van der Waals surface area contributed by atoms with E-state index in [9.17, 15) is 36.2 Å². The Bertz CT molecular complexity index is 880. The van der Waals surface area contributed by atoms with Crippen molar-refractivity contribution in [2.75, 3.05) is 0 Å². The molecule has 3 rings (SSSR count). The van der Waals surface area contributed by atoms with E-state index in [4.69, 9.17) is 0 Å². The Morgan fingerprint density at radius 1 is 0.931 bits per heavy atom.